The summed E-state index contributed by atoms with van der Waals surface area (Å²) >= 11 is 0. The summed E-state index contributed by atoms with van der Waals surface area (Å²) in [4.78, 5) is 15.3. The Hall–Kier alpha value is -1.75. The van der Waals surface area contributed by atoms with E-state index in [1.807, 2.05) is 17.9 Å². The van der Waals surface area contributed by atoms with Crippen LogP contribution < -0.4 is 4.74 Å². The van der Waals surface area contributed by atoms with E-state index in [1.54, 1.807) is 31.1 Å². The topological polar surface area (TPSA) is 53.0 Å². The smallest absolute Gasteiger partial charge is 0.236 e. The van der Waals surface area contributed by atoms with E-state index in [2.05, 4.69) is 0 Å². The third kappa shape index (κ3) is 4.44. The number of rotatable bonds is 6. The summed E-state index contributed by atoms with van der Waals surface area (Å²) in [6, 6.07) is 5.29. The van der Waals surface area contributed by atoms with E-state index in [1.165, 1.54) is 7.11 Å². The lowest BCUT2D eigenvalue weighted by Gasteiger charge is -2.22. The van der Waals surface area contributed by atoms with E-state index in [0.29, 0.717) is 18.8 Å². The lowest BCUT2D eigenvalue weighted by molar-refractivity contribution is -0.130. The Balaban J connectivity index is 2.70. The molecule has 0 atom stereocenters. The number of hydrogen-bond acceptors (Lipinski definition) is 4. The molecule has 1 aromatic carbocycles. The van der Waals surface area contributed by atoms with Crippen molar-refractivity contribution in [3.63, 3.8) is 0 Å². The Labute approximate surface area is 114 Å². The largest absolute Gasteiger partial charge is 0.504 e. The molecule has 0 aliphatic heterocycles. The minimum absolute atomic E-state index is 0.0691. The first-order valence-corrected chi connectivity index (χ1v) is 6.26. The summed E-state index contributed by atoms with van der Waals surface area (Å²) in [5, 5.41) is 9.73. The second-order valence-corrected chi connectivity index (χ2v) is 4.60. The van der Waals surface area contributed by atoms with Gasteiger partial charge in [0, 0.05) is 20.6 Å². The second-order valence-electron chi connectivity index (χ2n) is 4.60. The fraction of sp³-hybridized carbons (Fsp3) is 0.500. The normalized spacial score (nSPS) is 10.6. The molecule has 5 nitrogen and oxygen atoms in total. The molecule has 1 rings (SSSR count). The van der Waals surface area contributed by atoms with Crippen LogP contribution in [0.5, 0.6) is 11.5 Å². The first-order chi connectivity index (χ1) is 8.97. The first kappa shape index (κ1) is 15.3. The standard InChI is InChI=1S/C14H22N2O3/c1-5-16(10-14(18)15(2)3)9-11-6-7-13(19-4)12(17)8-11/h6-8,17H,5,9-10H2,1-4H3. The van der Waals surface area contributed by atoms with Gasteiger partial charge in [-0.2, -0.15) is 0 Å². The van der Waals surface area contributed by atoms with Gasteiger partial charge in [-0.1, -0.05) is 13.0 Å². The van der Waals surface area contributed by atoms with Crippen molar-refractivity contribution in [2.75, 3.05) is 34.3 Å². The molecule has 1 N–H and O–H groups in total. The molecule has 19 heavy (non-hydrogen) atoms. The average molecular weight is 266 g/mol. The minimum Gasteiger partial charge on any atom is -0.504 e. The Morgan fingerprint density at radius 3 is 2.53 bits per heavy atom. The van der Waals surface area contributed by atoms with E-state index in [0.717, 1.165) is 12.1 Å². The van der Waals surface area contributed by atoms with Gasteiger partial charge in [0.1, 0.15) is 0 Å². The zero-order valence-electron chi connectivity index (χ0n) is 12.0. The number of aromatic hydroxyl groups is 1. The van der Waals surface area contributed by atoms with Crippen molar-refractivity contribution in [2.45, 2.75) is 13.5 Å². The number of ether oxygens (including phenoxy) is 1. The van der Waals surface area contributed by atoms with Crippen LogP contribution in [0.1, 0.15) is 12.5 Å². The van der Waals surface area contributed by atoms with E-state index < -0.39 is 0 Å². The summed E-state index contributed by atoms with van der Waals surface area (Å²) in [5.74, 6) is 0.644. The Morgan fingerprint density at radius 1 is 1.37 bits per heavy atom. The first-order valence-electron chi connectivity index (χ1n) is 6.26. The predicted octanol–water partition coefficient (Wildman–Crippen LogP) is 1.31. The van der Waals surface area contributed by atoms with Crippen LogP contribution in [0.2, 0.25) is 0 Å². The van der Waals surface area contributed by atoms with Crippen molar-refractivity contribution in [1.29, 1.82) is 0 Å². The van der Waals surface area contributed by atoms with Gasteiger partial charge in [-0.25, -0.2) is 0 Å². The van der Waals surface area contributed by atoms with Gasteiger partial charge in [0.15, 0.2) is 11.5 Å². The van der Waals surface area contributed by atoms with Crippen LogP contribution in [-0.4, -0.2) is 55.1 Å². The number of phenolic OH excluding ortho intramolecular Hbond substituents is 1. The number of methoxy groups -OCH3 is 1. The van der Waals surface area contributed by atoms with Gasteiger partial charge in [0.25, 0.3) is 0 Å². The van der Waals surface area contributed by atoms with Crippen LogP contribution in [0, 0.1) is 0 Å². The van der Waals surface area contributed by atoms with Crippen molar-refractivity contribution in [2.24, 2.45) is 0 Å². The van der Waals surface area contributed by atoms with Crippen LogP contribution in [0.15, 0.2) is 18.2 Å². The maximum atomic E-state index is 11.7. The average Bonchev–Trinajstić information content (AvgIpc) is 2.37. The fourth-order valence-corrected chi connectivity index (χ4v) is 1.70. The molecule has 0 bridgehead atoms. The Morgan fingerprint density at radius 2 is 2.05 bits per heavy atom. The van der Waals surface area contributed by atoms with Gasteiger partial charge in [0.05, 0.1) is 13.7 Å². The second kappa shape index (κ2) is 6.99. The van der Waals surface area contributed by atoms with Crippen molar-refractivity contribution < 1.29 is 14.6 Å². The quantitative estimate of drug-likeness (QED) is 0.843. The van der Waals surface area contributed by atoms with E-state index in [4.69, 9.17) is 4.74 Å². The van der Waals surface area contributed by atoms with Gasteiger partial charge in [-0.05, 0) is 24.2 Å². The maximum Gasteiger partial charge on any atom is 0.236 e. The van der Waals surface area contributed by atoms with Crippen molar-refractivity contribution in [1.82, 2.24) is 9.80 Å². The Bertz CT molecular complexity index is 433. The third-order valence-electron chi connectivity index (χ3n) is 2.95. The molecule has 0 heterocycles. The molecule has 0 aliphatic rings. The highest BCUT2D eigenvalue weighted by Crippen LogP contribution is 2.26. The molecule has 0 radical (unpaired) electrons. The van der Waals surface area contributed by atoms with Crippen LogP contribution in [0.25, 0.3) is 0 Å². The van der Waals surface area contributed by atoms with Gasteiger partial charge in [-0.15, -0.1) is 0 Å². The van der Waals surface area contributed by atoms with Crippen molar-refractivity contribution in [3.8, 4) is 11.5 Å². The van der Waals surface area contributed by atoms with E-state index in [-0.39, 0.29) is 11.7 Å². The molecule has 0 spiro atoms. The van der Waals surface area contributed by atoms with Crippen molar-refractivity contribution >= 4 is 5.91 Å². The summed E-state index contributed by atoms with van der Waals surface area (Å²) in [5.41, 5.74) is 0.951. The lowest BCUT2D eigenvalue weighted by atomic mass is 10.2. The van der Waals surface area contributed by atoms with Crippen LogP contribution in [-0.2, 0) is 11.3 Å². The summed E-state index contributed by atoms with van der Waals surface area (Å²) in [7, 11) is 5.01. The molecule has 0 saturated carbocycles. The number of benzene rings is 1. The fourth-order valence-electron chi connectivity index (χ4n) is 1.70. The lowest BCUT2D eigenvalue weighted by Crippen LogP contribution is -2.36. The van der Waals surface area contributed by atoms with Gasteiger partial charge >= 0.3 is 0 Å². The van der Waals surface area contributed by atoms with Crippen LogP contribution >= 0.6 is 0 Å². The number of hydrogen-bond donors (Lipinski definition) is 1. The van der Waals surface area contributed by atoms with E-state index in [9.17, 15) is 9.90 Å². The van der Waals surface area contributed by atoms with Gasteiger partial charge in [0.2, 0.25) is 5.91 Å². The number of amides is 1. The highest BCUT2D eigenvalue weighted by molar-refractivity contribution is 5.77. The molecule has 0 aliphatic carbocycles. The van der Waals surface area contributed by atoms with E-state index >= 15 is 0 Å². The number of carbonyl (C=O) groups excluding carboxylic acids is 1. The number of phenols is 1. The molecule has 1 aromatic rings. The molecule has 0 aromatic heterocycles. The van der Waals surface area contributed by atoms with Crippen LogP contribution in [0.4, 0.5) is 0 Å². The van der Waals surface area contributed by atoms with Gasteiger partial charge in [-0.3, -0.25) is 9.69 Å². The molecular formula is C14H22N2O3. The predicted molar refractivity (Wildman–Crippen MR) is 74.3 cm³/mol. The third-order valence-corrected chi connectivity index (χ3v) is 2.95. The monoisotopic (exact) mass is 266 g/mol. The Kier molecular flexibility index (Phi) is 5.63. The number of carbonyl (C=O) groups is 1. The number of nitrogens with zero attached hydrogens (tertiary/aromatic N) is 2. The molecule has 106 valence electrons. The maximum absolute atomic E-state index is 11.7. The highest BCUT2D eigenvalue weighted by Gasteiger charge is 2.12. The van der Waals surface area contributed by atoms with Crippen LogP contribution in [0.3, 0.4) is 0 Å². The molecular weight excluding hydrogens is 244 g/mol. The van der Waals surface area contributed by atoms with Crippen molar-refractivity contribution in [3.05, 3.63) is 23.8 Å². The molecule has 1 amide bonds. The summed E-state index contributed by atoms with van der Waals surface area (Å²) < 4.78 is 5.00. The zero-order valence-corrected chi connectivity index (χ0v) is 12.0. The zero-order chi connectivity index (χ0) is 14.4. The summed E-state index contributed by atoms with van der Waals surface area (Å²) in [6.45, 7) is 3.77. The SMILES string of the molecule is CCN(CC(=O)N(C)C)Cc1ccc(OC)c(O)c1. The molecule has 0 unspecified atom stereocenters. The minimum atomic E-state index is 0.0691. The number of likely N-dealkylation sites (N-methyl/N-ethyl adjacent to an activating group) is 2. The summed E-state index contributed by atoms with van der Waals surface area (Å²) in [6.07, 6.45) is 0. The highest BCUT2D eigenvalue weighted by atomic mass is 16.5. The van der Waals surface area contributed by atoms with Gasteiger partial charge < -0.3 is 14.7 Å². The molecule has 0 fully saturated rings. The molecule has 0 saturated heterocycles. The molecule has 5 heteroatoms.